The third kappa shape index (κ3) is 2.95. The van der Waals surface area contributed by atoms with Gasteiger partial charge in [-0.05, 0) is 43.5 Å². The van der Waals surface area contributed by atoms with Crippen molar-refractivity contribution in [2.45, 2.75) is 37.0 Å². The summed E-state index contributed by atoms with van der Waals surface area (Å²) in [6, 6.07) is 10.0. The Bertz CT molecular complexity index is 757. The molecule has 1 aliphatic heterocycles. The minimum Gasteiger partial charge on any atom is -0.351 e. The fourth-order valence-corrected chi connectivity index (χ4v) is 3.94. The number of aryl methyl sites for hydroxylation is 2. The van der Waals surface area contributed by atoms with Crippen molar-refractivity contribution in [3.05, 3.63) is 63.1 Å². The molecule has 2 aromatic rings. The Morgan fingerprint density at radius 1 is 1.36 bits per heavy atom. The number of aromatic nitrogens is 1. The molecular weight excluding hydrogens is 296 g/mol. The molecule has 4 nitrogen and oxygen atoms in total. The topological polar surface area (TPSA) is 62.0 Å². The summed E-state index contributed by atoms with van der Waals surface area (Å²) in [6.45, 7) is 4.01. The molecule has 2 N–H and O–H groups in total. The van der Waals surface area contributed by atoms with E-state index in [0.29, 0.717) is 5.56 Å². The van der Waals surface area contributed by atoms with Crippen LogP contribution >= 0.6 is 11.8 Å². The van der Waals surface area contributed by atoms with E-state index in [2.05, 4.69) is 16.4 Å². The number of pyridine rings is 1. The Morgan fingerprint density at radius 3 is 2.86 bits per heavy atom. The third-order valence-electron chi connectivity index (χ3n) is 3.87. The molecule has 0 spiro atoms. The lowest BCUT2D eigenvalue weighted by atomic mass is 10.1. The molecule has 0 aliphatic carbocycles. The van der Waals surface area contributed by atoms with Crippen LogP contribution in [0.15, 0.2) is 40.0 Å². The monoisotopic (exact) mass is 314 g/mol. The number of aromatic amines is 1. The summed E-state index contributed by atoms with van der Waals surface area (Å²) in [5, 5.41) is 2.79. The van der Waals surface area contributed by atoms with E-state index in [4.69, 9.17) is 0 Å². The lowest BCUT2D eigenvalue weighted by Crippen LogP contribution is -2.34. The second-order valence-electron chi connectivity index (χ2n) is 5.58. The normalized spacial score (nSPS) is 16.4. The molecule has 114 valence electrons. The zero-order chi connectivity index (χ0) is 15.7. The van der Waals surface area contributed by atoms with Crippen molar-refractivity contribution < 1.29 is 4.79 Å². The number of carbonyl (C=O) groups is 1. The van der Waals surface area contributed by atoms with Crippen LogP contribution in [0.1, 0.15) is 22.4 Å². The highest BCUT2D eigenvalue weighted by molar-refractivity contribution is 8.01. The molecule has 1 amide bonds. The number of carbonyl (C=O) groups excluding carboxylic acids is 1. The fraction of sp³-hybridized carbons (Fsp3) is 0.294. The van der Waals surface area contributed by atoms with Crippen molar-refractivity contribution in [3.8, 4) is 0 Å². The van der Waals surface area contributed by atoms with E-state index < -0.39 is 0 Å². The van der Waals surface area contributed by atoms with Crippen LogP contribution in [0.5, 0.6) is 0 Å². The summed E-state index contributed by atoms with van der Waals surface area (Å²) in [7, 11) is 0. The predicted octanol–water partition coefficient (Wildman–Crippen LogP) is 2.32. The van der Waals surface area contributed by atoms with Gasteiger partial charge in [0.1, 0.15) is 0 Å². The molecule has 1 aromatic carbocycles. The molecule has 0 bridgehead atoms. The van der Waals surface area contributed by atoms with Gasteiger partial charge in [0.05, 0.1) is 5.25 Å². The van der Waals surface area contributed by atoms with Crippen LogP contribution in [-0.4, -0.2) is 16.1 Å². The van der Waals surface area contributed by atoms with Crippen LogP contribution in [0.2, 0.25) is 0 Å². The largest absolute Gasteiger partial charge is 0.351 e. The van der Waals surface area contributed by atoms with E-state index >= 15 is 0 Å². The molecule has 22 heavy (non-hydrogen) atoms. The number of fused-ring (bicyclic) bond motifs is 1. The number of thioether (sulfide) groups is 1. The van der Waals surface area contributed by atoms with Gasteiger partial charge in [-0.15, -0.1) is 11.8 Å². The second kappa shape index (κ2) is 6.01. The van der Waals surface area contributed by atoms with Crippen molar-refractivity contribution in [1.29, 1.82) is 0 Å². The van der Waals surface area contributed by atoms with E-state index in [1.807, 2.05) is 38.1 Å². The van der Waals surface area contributed by atoms with E-state index in [0.717, 1.165) is 17.7 Å². The fourth-order valence-electron chi connectivity index (χ4n) is 2.72. The molecule has 1 unspecified atom stereocenters. The molecule has 0 saturated carbocycles. The van der Waals surface area contributed by atoms with E-state index in [1.54, 1.807) is 11.8 Å². The van der Waals surface area contributed by atoms with Gasteiger partial charge in [-0.1, -0.05) is 18.2 Å². The summed E-state index contributed by atoms with van der Waals surface area (Å²) in [5.74, 6) is -0.0134. The molecule has 1 aromatic heterocycles. The molecule has 1 atom stereocenters. The first-order valence-corrected chi connectivity index (χ1v) is 8.14. The lowest BCUT2D eigenvalue weighted by molar-refractivity contribution is -0.120. The maximum atomic E-state index is 12.3. The maximum Gasteiger partial charge on any atom is 0.253 e. The molecule has 1 aliphatic rings. The van der Waals surface area contributed by atoms with E-state index in [1.165, 1.54) is 10.5 Å². The first-order chi connectivity index (χ1) is 10.5. The van der Waals surface area contributed by atoms with Crippen molar-refractivity contribution in [3.63, 3.8) is 0 Å². The van der Waals surface area contributed by atoms with Crippen molar-refractivity contribution >= 4 is 17.7 Å². The number of hydrogen-bond acceptors (Lipinski definition) is 3. The van der Waals surface area contributed by atoms with Crippen molar-refractivity contribution in [2.24, 2.45) is 0 Å². The molecule has 2 heterocycles. The highest BCUT2D eigenvalue weighted by Gasteiger charge is 2.27. The Kier molecular flexibility index (Phi) is 4.07. The summed E-state index contributed by atoms with van der Waals surface area (Å²) >= 11 is 1.59. The molecule has 0 fully saturated rings. The van der Waals surface area contributed by atoms with Gasteiger partial charge in [0.15, 0.2) is 0 Å². The Balaban J connectivity index is 1.66. The zero-order valence-electron chi connectivity index (χ0n) is 12.6. The lowest BCUT2D eigenvalue weighted by Gasteiger charge is -2.11. The van der Waals surface area contributed by atoms with Gasteiger partial charge in [-0.3, -0.25) is 9.59 Å². The molecule has 0 radical (unpaired) electrons. The summed E-state index contributed by atoms with van der Waals surface area (Å²) in [5.41, 5.74) is 3.46. The maximum absolute atomic E-state index is 12.3. The van der Waals surface area contributed by atoms with Crippen LogP contribution in [0.3, 0.4) is 0 Å². The first kappa shape index (κ1) is 14.9. The van der Waals surface area contributed by atoms with Gasteiger partial charge in [-0.25, -0.2) is 0 Å². The first-order valence-electron chi connectivity index (χ1n) is 7.26. The summed E-state index contributed by atoms with van der Waals surface area (Å²) < 4.78 is 0. The summed E-state index contributed by atoms with van der Waals surface area (Å²) in [6.07, 6.45) is 0.746. The molecule has 3 rings (SSSR count). The quantitative estimate of drug-likeness (QED) is 0.914. The summed E-state index contributed by atoms with van der Waals surface area (Å²) in [4.78, 5) is 28.2. The van der Waals surface area contributed by atoms with Crippen LogP contribution < -0.4 is 10.9 Å². The Labute approximate surface area is 133 Å². The van der Waals surface area contributed by atoms with Gasteiger partial charge >= 0.3 is 0 Å². The average molecular weight is 314 g/mol. The van der Waals surface area contributed by atoms with Gasteiger partial charge < -0.3 is 10.3 Å². The van der Waals surface area contributed by atoms with E-state index in [-0.39, 0.29) is 23.3 Å². The number of amides is 1. The number of H-pyrrole nitrogens is 1. The van der Waals surface area contributed by atoms with E-state index in [9.17, 15) is 9.59 Å². The Morgan fingerprint density at radius 2 is 2.14 bits per heavy atom. The minimum atomic E-state index is -0.125. The van der Waals surface area contributed by atoms with Gasteiger partial charge in [0.2, 0.25) is 5.91 Å². The van der Waals surface area contributed by atoms with Crippen molar-refractivity contribution in [1.82, 2.24) is 10.3 Å². The second-order valence-corrected chi connectivity index (χ2v) is 6.82. The Hall–Kier alpha value is -2.01. The number of hydrogen-bond donors (Lipinski definition) is 2. The van der Waals surface area contributed by atoms with Gasteiger partial charge in [0, 0.05) is 22.7 Å². The highest BCUT2D eigenvalue weighted by atomic mass is 32.2. The van der Waals surface area contributed by atoms with Gasteiger partial charge in [0.25, 0.3) is 5.56 Å². The number of benzene rings is 1. The zero-order valence-corrected chi connectivity index (χ0v) is 13.4. The smallest absolute Gasteiger partial charge is 0.253 e. The van der Waals surface area contributed by atoms with Crippen LogP contribution in [-0.2, 0) is 17.8 Å². The minimum absolute atomic E-state index is 0.0134. The standard InChI is InChI=1S/C17H18N2O2S/c1-10-7-11(2)19-16(20)13(10)9-18-17(21)15-8-12-5-3-4-6-14(12)22-15/h3-7,15H,8-9H2,1-2H3,(H,18,21)(H,19,20). The highest BCUT2D eigenvalue weighted by Crippen LogP contribution is 2.36. The predicted molar refractivity (Wildman–Crippen MR) is 88.2 cm³/mol. The number of nitrogens with one attached hydrogen (secondary N) is 2. The number of rotatable bonds is 3. The van der Waals surface area contributed by atoms with Crippen LogP contribution in [0, 0.1) is 13.8 Å². The van der Waals surface area contributed by atoms with Gasteiger partial charge in [-0.2, -0.15) is 0 Å². The molecule has 0 saturated heterocycles. The van der Waals surface area contributed by atoms with Crippen LogP contribution in [0.25, 0.3) is 0 Å². The SMILES string of the molecule is Cc1cc(C)c(CNC(=O)C2Cc3ccccc3S2)c(=O)[nH]1. The molecular formula is C17H18N2O2S. The average Bonchev–Trinajstić information content (AvgIpc) is 2.89. The van der Waals surface area contributed by atoms with Crippen molar-refractivity contribution in [2.75, 3.05) is 0 Å². The molecule has 5 heteroatoms. The van der Waals surface area contributed by atoms with Crippen LogP contribution in [0.4, 0.5) is 0 Å². The third-order valence-corrected chi connectivity index (χ3v) is 5.19.